The SMILES string of the molecule is CCCCOCCOCCOCCOCCOCCOCCOCCOCCOCCOCCOCCOCCOC(=O)CCC(=O)C(=O)O. The molecule has 0 amide bonds. The first-order valence-corrected chi connectivity index (χ1v) is 17.4. The summed E-state index contributed by atoms with van der Waals surface area (Å²) in [6, 6.07) is 0. The molecule has 1 N–H and O–H groups in total. The molecule has 0 aromatic rings. The van der Waals surface area contributed by atoms with Gasteiger partial charge in [0.15, 0.2) is 0 Å². The quantitative estimate of drug-likeness (QED) is 0.0530. The number of unbranched alkanes of at least 4 members (excludes halogenated alkanes) is 1. The summed E-state index contributed by atoms with van der Waals surface area (Å²) in [7, 11) is 0. The van der Waals surface area contributed by atoms with Gasteiger partial charge in [-0.05, 0) is 6.42 Å². The minimum absolute atomic E-state index is 0.0131. The second-order valence-electron chi connectivity index (χ2n) is 10.2. The van der Waals surface area contributed by atoms with Gasteiger partial charge in [-0.2, -0.15) is 0 Å². The normalized spacial score (nSPS) is 11.3. The molecule has 0 aliphatic rings. The van der Waals surface area contributed by atoms with Crippen LogP contribution in [-0.2, 0) is 76.0 Å². The van der Waals surface area contributed by atoms with Crippen LogP contribution < -0.4 is 0 Å². The molecule has 0 aromatic carbocycles. The van der Waals surface area contributed by atoms with Crippen LogP contribution in [0.4, 0.5) is 0 Å². The number of esters is 1. The van der Waals surface area contributed by atoms with Crippen LogP contribution in [0.1, 0.15) is 32.6 Å². The summed E-state index contributed by atoms with van der Waals surface area (Å²) in [4.78, 5) is 32.6. The lowest BCUT2D eigenvalue weighted by atomic mass is 10.2. The molecule has 0 atom stereocenters. The van der Waals surface area contributed by atoms with E-state index in [-0.39, 0.29) is 26.1 Å². The Morgan fingerprint density at radius 1 is 0.360 bits per heavy atom. The van der Waals surface area contributed by atoms with Gasteiger partial charge in [0.2, 0.25) is 5.78 Å². The molecule has 0 aromatic heterocycles. The Morgan fingerprint density at radius 3 is 0.840 bits per heavy atom. The molecule has 0 saturated carbocycles. The lowest BCUT2D eigenvalue weighted by molar-refractivity contribution is -0.151. The summed E-state index contributed by atoms with van der Waals surface area (Å²) in [5, 5.41) is 8.44. The van der Waals surface area contributed by atoms with Crippen molar-refractivity contribution in [3.05, 3.63) is 0 Å². The minimum Gasteiger partial charge on any atom is -0.476 e. The van der Waals surface area contributed by atoms with Crippen molar-refractivity contribution in [3.63, 3.8) is 0 Å². The predicted molar refractivity (Wildman–Crippen MR) is 178 cm³/mol. The largest absolute Gasteiger partial charge is 0.476 e. The molecule has 0 bridgehead atoms. The molecule has 0 rings (SSSR count). The third-order valence-electron chi connectivity index (χ3n) is 6.02. The van der Waals surface area contributed by atoms with E-state index in [9.17, 15) is 14.4 Å². The Morgan fingerprint density at radius 2 is 0.600 bits per heavy atom. The summed E-state index contributed by atoms with van der Waals surface area (Å²) in [5.74, 6) is -3.24. The van der Waals surface area contributed by atoms with E-state index in [1.165, 1.54) is 0 Å². The Balaban J connectivity index is 3.11. The van der Waals surface area contributed by atoms with Gasteiger partial charge in [0.05, 0.1) is 158 Å². The van der Waals surface area contributed by atoms with E-state index < -0.39 is 17.7 Å². The Kier molecular flexibility index (Phi) is 40.0. The predicted octanol–water partition coefficient (Wildman–Crippen LogP) is 0.963. The van der Waals surface area contributed by atoms with Gasteiger partial charge in [0.25, 0.3) is 0 Å². The first kappa shape index (κ1) is 48.1. The lowest BCUT2D eigenvalue weighted by Gasteiger charge is -2.09. The van der Waals surface area contributed by atoms with Crippen molar-refractivity contribution in [2.24, 2.45) is 0 Å². The summed E-state index contributed by atoms with van der Waals surface area (Å²) >= 11 is 0. The fourth-order valence-electron chi connectivity index (χ4n) is 3.38. The molecule has 0 aliphatic carbocycles. The van der Waals surface area contributed by atoms with E-state index >= 15 is 0 Å². The van der Waals surface area contributed by atoms with E-state index in [1.807, 2.05) is 0 Å². The van der Waals surface area contributed by atoms with Gasteiger partial charge in [-0.3, -0.25) is 9.59 Å². The number of carboxylic acids is 1. The first-order chi connectivity index (χ1) is 24.6. The molecular formula is C33H62O17. The number of Topliss-reactive ketones (excluding diaryl/α,β-unsaturated/α-hetero) is 1. The van der Waals surface area contributed by atoms with Crippen molar-refractivity contribution in [2.75, 3.05) is 165 Å². The number of hydrogen-bond acceptors (Lipinski definition) is 16. The minimum atomic E-state index is -1.56. The molecule has 50 heavy (non-hydrogen) atoms. The van der Waals surface area contributed by atoms with E-state index in [1.54, 1.807) is 0 Å². The highest BCUT2D eigenvalue weighted by atomic mass is 16.6. The summed E-state index contributed by atoms with van der Waals surface area (Å²) < 4.78 is 69.9. The summed E-state index contributed by atoms with van der Waals surface area (Å²) in [5.41, 5.74) is 0. The lowest BCUT2D eigenvalue weighted by Crippen LogP contribution is -2.17. The van der Waals surface area contributed by atoms with Crippen LogP contribution in [0.25, 0.3) is 0 Å². The van der Waals surface area contributed by atoms with Gasteiger partial charge in [-0.15, -0.1) is 0 Å². The molecule has 0 spiro atoms. The zero-order chi connectivity index (χ0) is 36.4. The highest BCUT2D eigenvalue weighted by molar-refractivity contribution is 6.32. The van der Waals surface area contributed by atoms with Crippen LogP contribution in [0.2, 0.25) is 0 Å². The van der Waals surface area contributed by atoms with Crippen molar-refractivity contribution in [3.8, 4) is 0 Å². The standard InChI is InChI=1S/C33H62O17/c1-2-3-6-38-7-8-39-9-10-40-11-12-41-13-14-42-15-16-43-17-18-44-19-20-45-21-22-46-23-24-47-25-26-48-27-28-49-29-30-50-32(35)5-4-31(34)33(36)37/h2-30H2,1H3,(H,36,37). The average molecular weight is 731 g/mol. The highest BCUT2D eigenvalue weighted by Gasteiger charge is 2.14. The molecule has 0 unspecified atom stereocenters. The number of ether oxygens (including phenoxy) is 13. The molecule has 0 radical (unpaired) electrons. The topological polar surface area (TPSA) is 191 Å². The zero-order valence-corrected chi connectivity index (χ0v) is 30.0. The maximum Gasteiger partial charge on any atom is 0.372 e. The molecule has 0 aliphatic heterocycles. The smallest absolute Gasteiger partial charge is 0.372 e. The number of ketones is 1. The van der Waals surface area contributed by atoms with E-state index in [0.29, 0.717) is 145 Å². The van der Waals surface area contributed by atoms with Crippen molar-refractivity contribution >= 4 is 17.7 Å². The van der Waals surface area contributed by atoms with Gasteiger partial charge in [0.1, 0.15) is 6.61 Å². The number of carbonyl (C=O) groups is 3. The third kappa shape index (κ3) is 40.6. The van der Waals surface area contributed by atoms with Crippen molar-refractivity contribution < 1.29 is 81.1 Å². The average Bonchev–Trinajstić information content (AvgIpc) is 3.11. The second kappa shape index (κ2) is 41.5. The van der Waals surface area contributed by atoms with Gasteiger partial charge in [0, 0.05) is 13.0 Å². The summed E-state index contributed by atoms with van der Waals surface area (Å²) in [6.07, 6.45) is 1.56. The number of hydrogen-bond donors (Lipinski definition) is 1. The fourth-order valence-corrected chi connectivity index (χ4v) is 3.38. The number of rotatable bonds is 43. The zero-order valence-electron chi connectivity index (χ0n) is 30.0. The Hall–Kier alpha value is -1.87. The van der Waals surface area contributed by atoms with Crippen molar-refractivity contribution in [1.29, 1.82) is 0 Å². The van der Waals surface area contributed by atoms with Gasteiger partial charge >= 0.3 is 11.9 Å². The first-order valence-electron chi connectivity index (χ1n) is 17.4. The van der Waals surface area contributed by atoms with E-state index in [0.717, 1.165) is 19.4 Å². The molecule has 17 nitrogen and oxygen atoms in total. The summed E-state index contributed by atoms with van der Waals surface area (Å²) in [6.45, 7) is 13.7. The molecule has 17 heteroatoms. The van der Waals surface area contributed by atoms with Crippen LogP contribution in [0, 0.1) is 0 Å². The van der Waals surface area contributed by atoms with E-state index in [4.69, 9.17) is 66.7 Å². The van der Waals surface area contributed by atoms with Crippen molar-refractivity contribution in [1.82, 2.24) is 0 Å². The van der Waals surface area contributed by atoms with Gasteiger partial charge in [-0.1, -0.05) is 13.3 Å². The number of carbonyl (C=O) groups excluding carboxylic acids is 2. The molecule has 0 saturated heterocycles. The molecule has 0 heterocycles. The third-order valence-corrected chi connectivity index (χ3v) is 6.02. The van der Waals surface area contributed by atoms with Crippen LogP contribution >= 0.6 is 0 Å². The number of aliphatic carboxylic acids is 1. The van der Waals surface area contributed by atoms with Gasteiger partial charge < -0.3 is 66.7 Å². The highest BCUT2D eigenvalue weighted by Crippen LogP contribution is 1.95. The monoisotopic (exact) mass is 730 g/mol. The Labute approximate surface area is 296 Å². The van der Waals surface area contributed by atoms with Crippen LogP contribution in [0.3, 0.4) is 0 Å². The number of carboxylic acid groups (broad SMARTS) is 1. The molecular weight excluding hydrogens is 668 g/mol. The maximum atomic E-state index is 11.4. The second-order valence-corrected chi connectivity index (χ2v) is 10.2. The molecule has 0 fully saturated rings. The maximum absolute atomic E-state index is 11.4. The Bertz CT molecular complexity index is 743. The van der Waals surface area contributed by atoms with Crippen LogP contribution in [0.5, 0.6) is 0 Å². The van der Waals surface area contributed by atoms with Crippen molar-refractivity contribution in [2.45, 2.75) is 32.6 Å². The van der Waals surface area contributed by atoms with Gasteiger partial charge in [-0.25, -0.2) is 4.79 Å². The fraction of sp³-hybridized carbons (Fsp3) is 0.909. The molecule has 296 valence electrons. The van der Waals surface area contributed by atoms with E-state index in [2.05, 4.69) is 6.92 Å². The van der Waals surface area contributed by atoms with Crippen LogP contribution in [0.15, 0.2) is 0 Å². The van der Waals surface area contributed by atoms with Crippen LogP contribution in [-0.4, -0.2) is 188 Å².